The van der Waals surface area contributed by atoms with Gasteiger partial charge in [-0.2, -0.15) is 0 Å². The van der Waals surface area contributed by atoms with Gasteiger partial charge in [-0.05, 0) is 24.3 Å². The fourth-order valence-corrected chi connectivity index (χ4v) is 4.42. The first-order chi connectivity index (χ1) is 10.1. The Hall–Kier alpha value is -0.560. The molecule has 0 radical (unpaired) electrons. The second-order valence-corrected chi connectivity index (χ2v) is 7.78. The number of phenols is 1. The van der Waals surface area contributed by atoms with E-state index in [4.69, 9.17) is 58.0 Å². The molecule has 0 bridgehead atoms. The fraction of sp³-hybridized carbons (Fsp3) is 0. The average Bonchev–Trinajstić information content (AvgIpc) is 2.34. The van der Waals surface area contributed by atoms with Crippen molar-refractivity contribution in [2.24, 2.45) is 0 Å². The van der Waals surface area contributed by atoms with Crippen LogP contribution in [0.3, 0.4) is 0 Å². The van der Waals surface area contributed by atoms with Gasteiger partial charge in [0.25, 0.3) is 10.0 Å². The Labute approximate surface area is 151 Å². The van der Waals surface area contributed by atoms with Crippen molar-refractivity contribution in [1.82, 2.24) is 0 Å². The van der Waals surface area contributed by atoms with Gasteiger partial charge in [0.15, 0.2) is 10.6 Å². The average molecular weight is 422 g/mol. The Bertz CT molecular complexity index is 808. The number of halogens is 5. The lowest BCUT2D eigenvalue weighted by Gasteiger charge is -2.13. The number of anilines is 1. The Balaban J connectivity index is 2.56. The maximum atomic E-state index is 12.4. The molecular formula is C12H6Cl5NO3S. The molecule has 0 fully saturated rings. The van der Waals surface area contributed by atoms with Crippen LogP contribution in [-0.4, -0.2) is 13.5 Å². The molecule has 0 heterocycles. The van der Waals surface area contributed by atoms with Gasteiger partial charge in [-0.3, -0.25) is 4.72 Å². The van der Waals surface area contributed by atoms with E-state index in [1.165, 1.54) is 18.2 Å². The number of rotatable bonds is 3. The van der Waals surface area contributed by atoms with E-state index >= 15 is 0 Å². The molecule has 0 saturated heterocycles. The molecule has 0 atom stereocenters. The van der Waals surface area contributed by atoms with Gasteiger partial charge < -0.3 is 5.11 Å². The van der Waals surface area contributed by atoms with Crippen LogP contribution in [0.25, 0.3) is 0 Å². The number of nitrogens with one attached hydrogen (secondary N) is 1. The minimum atomic E-state index is -4.27. The van der Waals surface area contributed by atoms with E-state index in [9.17, 15) is 13.5 Å². The van der Waals surface area contributed by atoms with Crippen molar-refractivity contribution in [2.45, 2.75) is 4.90 Å². The lowest BCUT2D eigenvalue weighted by molar-refractivity contribution is 0.459. The van der Waals surface area contributed by atoms with Gasteiger partial charge in [-0.15, -0.1) is 0 Å². The van der Waals surface area contributed by atoms with Gasteiger partial charge in [0.1, 0.15) is 0 Å². The number of aromatic hydroxyl groups is 1. The summed E-state index contributed by atoms with van der Waals surface area (Å²) in [7, 11) is -4.27. The SMILES string of the molecule is O=S(=O)(Nc1cc(Cl)cc(Cl)c1)c1c(O)c(Cl)cc(Cl)c1Cl. The van der Waals surface area contributed by atoms with Gasteiger partial charge in [0.05, 0.1) is 20.8 Å². The van der Waals surface area contributed by atoms with E-state index in [-0.39, 0.29) is 30.8 Å². The summed E-state index contributed by atoms with van der Waals surface area (Å²) in [5.41, 5.74) is 0.0871. The van der Waals surface area contributed by atoms with Crippen molar-refractivity contribution in [1.29, 1.82) is 0 Å². The zero-order chi connectivity index (χ0) is 16.7. The maximum absolute atomic E-state index is 12.4. The third-order valence-electron chi connectivity index (χ3n) is 2.49. The van der Waals surface area contributed by atoms with Crippen LogP contribution in [0.1, 0.15) is 0 Å². The zero-order valence-electron chi connectivity index (χ0n) is 10.4. The quantitative estimate of drug-likeness (QED) is 0.647. The molecule has 0 amide bonds. The highest BCUT2D eigenvalue weighted by Crippen LogP contribution is 2.42. The van der Waals surface area contributed by atoms with E-state index in [0.29, 0.717) is 0 Å². The van der Waals surface area contributed by atoms with Crippen LogP contribution >= 0.6 is 58.0 Å². The van der Waals surface area contributed by atoms with Gasteiger partial charge in [0, 0.05) is 10.0 Å². The van der Waals surface area contributed by atoms with E-state index < -0.39 is 20.7 Å². The van der Waals surface area contributed by atoms with Crippen LogP contribution in [-0.2, 0) is 10.0 Å². The molecule has 0 aliphatic rings. The van der Waals surface area contributed by atoms with Crippen molar-refractivity contribution in [3.05, 3.63) is 49.4 Å². The topological polar surface area (TPSA) is 66.4 Å². The summed E-state index contributed by atoms with van der Waals surface area (Å²) in [4.78, 5) is -0.636. The van der Waals surface area contributed by atoms with E-state index in [0.717, 1.165) is 6.07 Å². The standard InChI is InChI=1S/C12H6Cl5NO3S/c13-5-1-6(14)3-7(2-5)18-22(20,21)12-10(17)8(15)4-9(16)11(12)19/h1-4,18-19H. The van der Waals surface area contributed by atoms with Gasteiger partial charge in [0.2, 0.25) is 0 Å². The molecule has 2 aromatic carbocycles. The van der Waals surface area contributed by atoms with E-state index in [2.05, 4.69) is 4.72 Å². The largest absolute Gasteiger partial charge is 0.505 e. The summed E-state index contributed by atoms with van der Waals surface area (Å²) >= 11 is 29.0. The lowest BCUT2D eigenvalue weighted by Crippen LogP contribution is -2.14. The molecule has 2 N–H and O–H groups in total. The highest BCUT2D eigenvalue weighted by molar-refractivity contribution is 7.93. The predicted molar refractivity (Wildman–Crippen MR) is 90.4 cm³/mol. The van der Waals surface area contributed by atoms with Crippen molar-refractivity contribution in [3.63, 3.8) is 0 Å². The van der Waals surface area contributed by atoms with E-state index in [1.807, 2.05) is 0 Å². The molecule has 22 heavy (non-hydrogen) atoms. The molecule has 0 aromatic heterocycles. The normalized spacial score (nSPS) is 11.5. The highest BCUT2D eigenvalue weighted by Gasteiger charge is 2.27. The highest BCUT2D eigenvalue weighted by atomic mass is 35.5. The minimum Gasteiger partial charge on any atom is -0.505 e. The number of benzene rings is 2. The first kappa shape index (κ1) is 17.8. The van der Waals surface area contributed by atoms with Gasteiger partial charge >= 0.3 is 0 Å². The number of hydrogen-bond acceptors (Lipinski definition) is 3. The summed E-state index contributed by atoms with van der Waals surface area (Å²) in [5, 5.41) is 9.61. The first-order valence-electron chi connectivity index (χ1n) is 5.47. The van der Waals surface area contributed by atoms with Crippen LogP contribution in [0.4, 0.5) is 5.69 Å². The van der Waals surface area contributed by atoms with Crippen LogP contribution in [0, 0.1) is 0 Å². The molecule has 2 rings (SSSR count). The molecule has 0 spiro atoms. The van der Waals surface area contributed by atoms with Crippen molar-refractivity contribution < 1.29 is 13.5 Å². The second-order valence-electron chi connectivity index (χ2n) is 4.10. The summed E-state index contributed by atoms with van der Waals surface area (Å²) in [6.45, 7) is 0. The first-order valence-corrected chi connectivity index (χ1v) is 8.84. The Morgan fingerprint density at radius 3 is 1.95 bits per heavy atom. The van der Waals surface area contributed by atoms with Gasteiger partial charge in [-0.25, -0.2) is 8.42 Å². The molecule has 2 aromatic rings. The smallest absolute Gasteiger partial charge is 0.267 e. The minimum absolute atomic E-state index is 0.0871. The summed E-state index contributed by atoms with van der Waals surface area (Å²) in [5.74, 6) is -0.711. The van der Waals surface area contributed by atoms with Crippen molar-refractivity contribution in [2.75, 3.05) is 4.72 Å². The van der Waals surface area contributed by atoms with E-state index in [1.54, 1.807) is 0 Å². The molecule has 0 aliphatic heterocycles. The Morgan fingerprint density at radius 2 is 1.41 bits per heavy atom. The molecule has 118 valence electrons. The Morgan fingerprint density at radius 1 is 0.864 bits per heavy atom. The number of hydrogen-bond donors (Lipinski definition) is 2. The molecule has 4 nitrogen and oxygen atoms in total. The predicted octanol–water partition coefficient (Wildman–Crippen LogP) is 5.46. The monoisotopic (exact) mass is 419 g/mol. The molecule has 0 saturated carbocycles. The van der Waals surface area contributed by atoms with Crippen LogP contribution < -0.4 is 4.72 Å². The number of phenolic OH excluding ortho intramolecular Hbond substituents is 1. The molecule has 10 heteroatoms. The second kappa shape index (κ2) is 6.51. The lowest BCUT2D eigenvalue weighted by atomic mass is 10.3. The zero-order valence-corrected chi connectivity index (χ0v) is 15.0. The van der Waals surface area contributed by atoms with Crippen molar-refractivity contribution in [3.8, 4) is 5.75 Å². The van der Waals surface area contributed by atoms with Crippen LogP contribution in [0.5, 0.6) is 5.75 Å². The number of sulfonamides is 1. The van der Waals surface area contributed by atoms with Crippen molar-refractivity contribution >= 4 is 73.7 Å². The molecular weight excluding hydrogens is 415 g/mol. The Kier molecular flexibility index (Phi) is 5.27. The summed E-state index contributed by atoms with van der Waals surface area (Å²) < 4.78 is 27.0. The maximum Gasteiger partial charge on any atom is 0.267 e. The molecule has 0 aliphatic carbocycles. The summed E-state index contributed by atoms with van der Waals surface area (Å²) in [6.07, 6.45) is 0. The third-order valence-corrected chi connectivity index (χ3v) is 5.55. The van der Waals surface area contributed by atoms with Crippen LogP contribution in [0.15, 0.2) is 29.2 Å². The van der Waals surface area contributed by atoms with Gasteiger partial charge in [-0.1, -0.05) is 58.0 Å². The van der Waals surface area contributed by atoms with Crippen LogP contribution in [0.2, 0.25) is 25.1 Å². The molecule has 0 unspecified atom stereocenters. The fourth-order valence-electron chi connectivity index (χ4n) is 1.63. The third kappa shape index (κ3) is 3.67. The summed E-state index contributed by atoms with van der Waals surface area (Å²) in [6, 6.07) is 5.24.